The highest BCUT2D eigenvalue weighted by Gasteiger charge is 2.35. The van der Waals surface area contributed by atoms with Crippen molar-refractivity contribution in [1.29, 1.82) is 0 Å². The number of unbranched alkanes of at least 4 members (excludes halogenated alkanes) is 1. The molecular weight excluding hydrogens is 413 g/mol. The highest BCUT2D eigenvalue weighted by molar-refractivity contribution is 6.40. The van der Waals surface area contributed by atoms with Gasteiger partial charge in [-0.3, -0.25) is 4.79 Å². The molecule has 0 aromatic heterocycles. The summed E-state index contributed by atoms with van der Waals surface area (Å²) in [7, 11) is 0.335. The average Bonchev–Trinajstić information content (AvgIpc) is 2.57. The second-order valence-corrected chi connectivity index (χ2v) is 6.71. The van der Waals surface area contributed by atoms with Crippen molar-refractivity contribution in [3.05, 3.63) is 34.9 Å². The van der Waals surface area contributed by atoms with E-state index in [0.717, 1.165) is 12.0 Å². The molecule has 0 aliphatic rings. The van der Waals surface area contributed by atoms with Crippen LogP contribution in [0.1, 0.15) is 37.7 Å². The number of benzene rings is 1. The molecule has 6 nitrogen and oxygen atoms in total. The third kappa shape index (κ3) is 11.1. The maximum atomic E-state index is 11.7. The van der Waals surface area contributed by atoms with Crippen LogP contribution in [0.4, 0.5) is 0 Å². The SMILES string of the molecule is CNC(CCCCB(O)O)(CCCNCc1ccc(Cl)cc1)C(=O)O.Cl.Cl. The van der Waals surface area contributed by atoms with Gasteiger partial charge in [-0.2, -0.15) is 0 Å². The van der Waals surface area contributed by atoms with E-state index in [1.165, 1.54) is 0 Å². The van der Waals surface area contributed by atoms with E-state index in [2.05, 4.69) is 10.6 Å². The molecule has 0 heterocycles. The molecule has 1 aromatic carbocycles. The van der Waals surface area contributed by atoms with Crippen molar-refractivity contribution < 1.29 is 19.9 Å². The third-order valence-corrected chi connectivity index (χ3v) is 4.66. The number of rotatable bonds is 13. The molecule has 1 rings (SSSR count). The second-order valence-electron chi connectivity index (χ2n) is 6.27. The molecule has 10 heteroatoms. The first-order valence-electron chi connectivity index (χ1n) is 8.63. The number of hydrogen-bond donors (Lipinski definition) is 5. The lowest BCUT2D eigenvalue weighted by molar-refractivity contribution is -0.145. The average molecular weight is 444 g/mol. The fourth-order valence-corrected chi connectivity index (χ4v) is 2.93. The monoisotopic (exact) mass is 442 g/mol. The number of carboxylic acid groups (broad SMARTS) is 1. The Hall–Kier alpha value is -0.535. The largest absolute Gasteiger partial charge is 0.480 e. The smallest absolute Gasteiger partial charge is 0.451 e. The fourth-order valence-electron chi connectivity index (χ4n) is 2.80. The topological polar surface area (TPSA) is 102 Å². The van der Waals surface area contributed by atoms with Gasteiger partial charge in [-0.15, -0.1) is 24.8 Å². The number of halogens is 3. The normalized spacial score (nSPS) is 12.4. The Morgan fingerprint density at radius 1 is 1.11 bits per heavy atom. The van der Waals surface area contributed by atoms with Crippen LogP contribution in [0.25, 0.3) is 0 Å². The molecule has 0 amide bonds. The van der Waals surface area contributed by atoms with Crippen molar-refractivity contribution in [1.82, 2.24) is 10.6 Å². The van der Waals surface area contributed by atoms with Gasteiger partial charge in [-0.25, -0.2) is 0 Å². The number of nitrogens with one attached hydrogen (secondary N) is 2. The number of aliphatic carboxylic acids is 1. The van der Waals surface area contributed by atoms with E-state index >= 15 is 0 Å². The highest BCUT2D eigenvalue weighted by atomic mass is 35.5. The molecule has 5 N–H and O–H groups in total. The van der Waals surface area contributed by atoms with Crippen LogP contribution in [0, 0.1) is 0 Å². The Kier molecular flexibility index (Phi) is 16.3. The first-order valence-corrected chi connectivity index (χ1v) is 9.01. The maximum Gasteiger partial charge on any atom is 0.451 e. The molecule has 0 aliphatic heterocycles. The second kappa shape index (κ2) is 15.4. The van der Waals surface area contributed by atoms with E-state index in [0.29, 0.717) is 43.8 Å². The number of likely N-dealkylation sites (N-methyl/N-ethyl adjacent to an activating group) is 1. The van der Waals surface area contributed by atoms with E-state index in [4.69, 9.17) is 21.6 Å². The van der Waals surface area contributed by atoms with Crippen molar-refractivity contribution in [2.45, 2.75) is 50.5 Å². The van der Waals surface area contributed by atoms with E-state index in [-0.39, 0.29) is 31.1 Å². The van der Waals surface area contributed by atoms with Gasteiger partial charge in [0, 0.05) is 11.6 Å². The summed E-state index contributed by atoms with van der Waals surface area (Å²) in [5.41, 5.74) is 0.160. The van der Waals surface area contributed by atoms with E-state index in [1.807, 2.05) is 24.3 Å². The van der Waals surface area contributed by atoms with Gasteiger partial charge < -0.3 is 25.8 Å². The zero-order valence-electron chi connectivity index (χ0n) is 15.5. The minimum Gasteiger partial charge on any atom is -0.480 e. The third-order valence-electron chi connectivity index (χ3n) is 4.40. The number of hydrogen-bond acceptors (Lipinski definition) is 5. The van der Waals surface area contributed by atoms with Gasteiger partial charge in [0.15, 0.2) is 0 Å². The quantitative estimate of drug-likeness (QED) is 0.237. The van der Waals surface area contributed by atoms with Gasteiger partial charge in [0.2, 0.25) is 0 Å². The summed E-state index contributed by atoms with van der Waals surface area (Å²) in [5, 5.41) is 34.3. The summed E-state index contributed by atoms with van der Waals surface area (Å²) in [5.74, 6) is -0.864. The molecule has 27 heavy (non-hydrogen) atoms. The Morgan fingerprint density at radius 3 is 2.22 bits per heavy atom. The van der Waals surface area contributed by atoms with Gasteiger partial charge >= 0.3 is 13.1 Å². The Balaban J connectivity index is 0. The zero-order valence-corrected chi connectivity index (χ0v) is 17.9. The van der Waals surface area contributed by atoms with Gasteiger partial charge in [0.05, 0.1) is 0 Å². The first kappa shape index (κ1) is 28.7. The van der Waals surface area contributed by atoms with Crippen LogP contribution in [0.15, 0.2) is 24.3 Å². The minimum atomic E-state index is -1.33. The summed E-state index contributed by atoms with van der Waals surface area (Å²) in [4.78, 5) is 11.7. The van der Waals surface area contributed by atoms with Crippen molar-refractivity contribution in [2.24, 2.45) is 0 Å². The van der Waals surface area contributed by atoms with E-state index in [1.54, 1.807) is 7.05 Å². The summed E-state index contributed by atoms with van der Waals surface area (Å²) in [6.45, 7) is 1.43. The summed E-state index contributed by atoms with van der Waals surface area (Å²) in [6, 6.07) is 7.61. The van der Waals surface area contributed by atoms with Crippen molar-refractivity contribution in [2.75, 3.05) is 13.6 Å². The Labute approximate surface area is 179 Å². The van der Waals surface area contributed by atoms with Crippen molar-refractivity contribution in [3.8, 4) is 0 Å². The lowest BCUT2D eigenvalue weighted by Gasteiger charge is -2.29. The van der Waals surface area contributed by atoms with Crippen molar-refractivity contribution in [3.63, 3.8) is 0 Å². The van der Waals surface area contributed by atoms with Gasteiger partial charge in [-0.1, -0.05) is 36.6 Å². The molecule has 1 unspecified atom stereocenters. The standard InChI is InChI=1S/C17H28BClN2O4.2ClH/c1-20-17(16(22)23,9-2-3-11-18(24)25)10-4-12-21-13-14-5-7-15(19)8-6-14;;/h5-8,20-21,24-25H,2-4,9-13H2,1H3,(H,22,23);2*1H. The van der Waals surface area contributed by atoms with Gasteiger partial charge in [-0.05, 0) is 56.9 Å². The van der Waals surface area contributed by atoms with Crippen LogP contribution in [-0.4, -0.2) is 47.4 Å². The van der Waals surface area contributed by atoms with Gasteiger partial charge in [0.1, 0.15) is 5.54 Å². The van der Waals surface area contributed by atoms with Crippen LogP contribution < -0.4 is 10.6 Å². The van der Waals surface area contributed by atoms with Crippen LogP contribution in [0.5, 0.6) is 0 Å². The van der Waals surface area contributed by atoms with E-state index < -0.39 is 18.6 Å². The number of carbonyl (C=O) groups is 1. The molecular formula is C17H30BCl3N2O4. The summed E-state index contributed by atoms with van der Waals surface area (Å²) in [6.07, 6.45) is 3.18. The predicted octanol–water partition coefficient (Wildman–Crippen LogP) is 2.74. The molecule has 0 saturated carbocycles. The number of carboxylic acids is 1. The highest BCUT2D eigenvalue weighted by Crippen LogP contribution is 2.21. The first-order chi connectivity index (χ1) is 11.9. The van der Waals surface area contributed by atoms with Crippen LogP contribution in [0.3, 0.4) is 0 Å². The lowest BCUT2D eigenvalue weighted by Crippen LogP contribution is -2.50. The molecule has 0 spiro atoms. The Morgan fingerprint density at radius 2 is 1.70 bits per heavy atom. The molecule has 0 bridgehead atoms. The van der Waals surface area contributed by atoms with Crippen LogP contribution in [0.2, 0.25) is 11.3 Å². The molecule has 0 aliphatic carbocycles. The van der Waals surface area contributed by atoms with Crippen LogP contribution in [-0.2, 0) is 11.3 Å². The molecule has 0 saturated heterocycles. The molecule has 1 aromatic rings. The van der Waals surface area contributed by atoms with E-state index in [9.17, 15) is 9.90 Å². The predicted molar refractivity (Wildman–Crippen MR) is 115 cm³/mol. The van der Waals surface area contributed by atoms with Crippen molar-refractivity contribution >= 4 is 49.5 Å². The zero-order chi connectivity index (χ0) is 18.7. The molecule has 0 fully saturated rings. The molecule has 156 valence electrons. The maximum absolute atomic E-state index is 11.7. The minimum absolute atomic E-state index is 0. The summed E-state index contributed by atoms with van der Waals surface area (Å²) >= 11 is 5.85. The lowest BCUT2D eigenvalue weighted by atomic mass is 9.81. The Bertz CT molecular complexity index is 523. The van der Waals surface area contributed by atoms with Crippen LogP contribution >= 0.6 is 36.4 Å². The fraction of sp³-hybridized carbons (Fsp3) is 0.588. The molecule has 1 atom stereocenters. The molecule has 0 radical (unpaired) electrons. The van der Waals surface area contributed by atoms with Gasteiger partial charge in [0.25, 0.3) is 0 Å². The summed E-state index contributed by atoms with van der Waals surface area (Å²) < 4.78 is 0.